The van der Waals surface area contributed by atoms with E-state index >= 15 is 18.4 Å². The van der Waals surface area contributed by atoms with E-state index in [0.29, 0.717) is 12.8 Å². The van der Waals surface area contributed by atoms with Gasteiger partial charge in [0.15, 0.2) is 104 Å². The molecule has 6 fully saturated rings. The van der Waals surface area contributed by atoms with Crippen LogP contribution in [0.25, 0.3) is 22.6 Å². The second kappa shape index (κ2) is 32.0. The molecule has 116 heavy (non-hydrogen) atoms. The third-order valence-electron chi connectivity index (χ3n) is 25.8. The van der Waals surface area contributed by atoms with Crippen molar-refractivity contribution in [1.29, 1.82) is 0 Å². The molecule has 0 aromatic heterocycles. The largest absolute Gasteiger partial charge is 0.507 e. The molecule has 4 unspecified atom stereocenters. The number of carbonyl (C=O) groups excluding carboxylic acids is 2. The number of halogens is 2. The van der Waals surface area contributed by atoms with Crippen molar-refractivity contribution >= 4 is 56.4 Å². The maximum Gasteiger partial charge on any atom is 0.197 e. The highest BCUT2D eigenvalue weighted by Crippen LogP contribution is 2.72. The number of benzene rings is 4. The molecule has 642 valence electrons. The molecule has 28 heteroatoms. The van der Waals surface area contributed by atoms with E-state index < -0.39 is 187 Å². The Kier molecular flexibility index (Phi) is 24.7. The lowest BCUT2D eigenvalue weighted by Crippen LogP contribution is -2.81. The summed E-state index contributed by atoms with van der Waals surface area (Å²) in [6.45, 7) is 43.4. The first-order chi connectivity index (χ1) is 54.1. The summed E-state index contributed by atoms with van der Waals surface area (Å²) in [6, 6.07) is 19.5. The number of ketones is 2. The first-order valence-corrected chi connectivity index (χ1v) is 53.7. The zero-order chi connectivity index (χ0) is 85.3. The van der Waals surface area contributed by atoms with Crippen LogP contribution in [-0.2, 0) is 78.4 Å². The van der Waals surface area contributed by atoms with Gasteiger partial charge in [-0.15, -0.1) is 0 Å². The number of rotatable bonds is 29. The number of methoxy groups -OCH3 is 6. The summed E-state index contributed by atoms with van der Waals surface area (Å²) in [5, 5.41) is 27.6. The third kappa shape index (κ3) is 14.6. The minimum absolute atomic E-state index is 0.120. The smallest absolute Gasteiger partial charge is 0.197 e. The van der Waals surface area contributed by atoms with Crippen LogP contribution in [0.5, 0.6) is 34.5 Å². The lowest BCUT2D eigenvalue weighted by atomic mass is 9.51. The summed E-state index contributed by atoms with van der Waals surface area (Å²) in [4.78, 5) is 35.6. The molecular formula is C88H128F2O22Si4. The van der Waals surface area contributed by atoms with E-state index in [4.69, 9.17) is 84.0 Å². The van der Waals surface area contributed by atoms with Gasteiger partial charge < -0.3 is 94.2 Å². The van der Waals surface area contributed by atoms with Crippen LogP contribution in [0, 0.1) is 23.7 Å². The van der Waals surface area contributed by atoms with Gasteiger partial charge in [0.05, 0.1) is 76.1 Å². The van der Waals surface area contributed by atoms with Crippen molar-refractivity contribution in [3.63, 3.8) is 0 Å². The second-order valence-electron chi connectivity index (χ2n) is 38.6. The molecule has 2 aliphatic heterocycles. The lowest BCUT2D eigenvalue weighted by Gasteiger charge is -2.64. The monoisotopic (exact) mass is 1690 g/mol. The molecule has 4 aromatic rings. The van der Waals surface area contributed by atoms with E-state index in [1.165, 1.54) is 42.7 Å². The molecule has 6 aliphatic carbocycles. The molecule has 2 N–H and O–H groups in total. The summed E-state index contributed by atoms with van der Waals surface area (Å²) in [6.07, 6.45) is -9.59. The van der Waals surface area contributed by atoms with Gasteiger partial charge in [0.1, 0.15) is 71.0 Å². The molecule has 22 nitrogen and oxygen atoms in total. The molecule has 0 bridgehead atoms. The van der Waals surface area contributed by atoms with Crippen molar-refractivity contribution in [3.8, 4) is 45.6 Å². The summed E-state index contributed by atoms with van der Waals surface area (Å²) in [5.41, 5.74) is -8.25. The Bertz CT molecular complexity index is 4120. The highest BCUT2D eigenvalue weighted by molar-refractivity contribution is 6.74. The summed E-state index contributed by atoms with van der Waals surface area (Å²) >= 11 is 0. The van der Waals surface area contributed by atoms with Crippen LogP contribution in [0.4, 0.5) is 8.78 Å². The van der Waals surface area contributed by atoms with Crippen LogP contribution in [0.15, 0.2) is 71.8 Å². The number of carbonyl (C=O) groups is 2. The SMILES string of the molecule is CCC[C@]12OC(C)(C)O[C@H]1[C@H](OCc1ccccc1)[C@@H](O[Si](C)(C)C(C)(C)C)[C@H]1CC3C(=C(O)c4c(OCOC)c(-c5c(OC)c(OC)c6c(c5OCOC)C(O)=C5C(=O)[C@]7(O[Si](C)(C)C)[C@H](CC5C6F)[C@H](O[Si](C)(C)C(C)(C)C)[C@@H](OCc5ccccc5)[C@@H]5OC(C)(C)O[C@@]57CCC)c(OC)c(OC)c4C3F)C(=O)[C@]12O[Si](C)(C)C. The quantitative estimate of drug-likeness (QED) is 0.0379. The molecule has 0 radical (unpaired) electrons. The minimum atomic E-state index is -3.10. The van der Waals surface area contributed by atoms with Gasteiger partial charge in [-0.05, 0) is 140 Å². The van der Waals surface area contributed by atoms with Gasteiger partial charge in [0.2, 0.25) is 0 Å². The Morgan fingerprint density at radius 3 is 1.09 bits per heavy atom. The van der Waals surface area contributed by atoms with Crippen LogP contribution in [0.3, 0.4) is 0 Å². The standard InChI is InChI=1S/C88H128F2O22Si4/c1-29-41-85-79(105-83(9,10)109-85)75(101-45-49-37-33-31-34-38-49)67(107-115(25,26)81(3,4)5)53-43-51-55(77(93)87(53,85)111-113(19,20)21)65(91)59-57(63(51)89)71(97-15)73(99-17)61(69(59)103-47-95-13)62-70(104-48-96-14)60-58(72(98-16)74(62)100-18)64(90)52-44-54-68(108-116(27,28)82(6,7)8)76(102-46-50-39-35-32-36-40-50)80-86(42-30-2,110-84(11,12)106-80)88(54,112-114(22,23)24)78(94)56(52)66(60)92/h31-40,51-54,63-64,67-68,75-76,79-80,91-92H,29-30,41-48H2,1-28H3/t51?,52?,53-,54-,63?,64?,67+,68+,75-,76-,79+,80+,85+,86+,87-,88-/m1/s1. The summed E-state index contributed by atoms with van der Waals surface area (Å²) < 4.78 is 167. The Hall–Kier alpha value is -5.65. The first kappa shape index (κ1) is 89.6. The highest BCUT2D eigenvalue weighted by atomic mass is 28.4. The lowest BCUT2D eigenvalue weighted by molar-refractivity contribution is -0.267. The van der Waals surface area contributed by atoms with Crippen LogP contribution in [-0.4, -0.2) is 182 Å². The Balaban J connectivity index is 1.16. The average Bonchev–Trinajstić information content (AvgIpc) is 1.29. The van der Waals surface area contributed by atoms with Gasteiger partial charge in [0.25, 0.3) is 0 Å². The molecule has 2 heterocycles. The molecule has 4 aromatic carbocycles. The number of alkyl halides is 2. The number of aliphatic hydroxyl groups excluding tert-OH is 2. The minimum Gasteiger partial charge on any atom is -0.507 e. The van der Waals surface area contributed by atoms with E-state index in [0.717, 1.165) is 11.1 Å². The summed E-state index contributed by atoms with van der Waals surface area (Å²) in [5.74, 6) is -12.6. The third-order valence-corrected chi connectivity index (χ3v) is 36.6. The second-order valence-corrected chi connectivity index (χ2v) is 56.9. The van der Waals surface area contributed by atoms with E-state index in [9.17, 15) is 10.2 Å². The highest BCUT2D eigenvalue weighted by Gasteiger charge is 2.83. The maximum atomic E-state index is 20.1. The summed E-state index contributed by atoms with van der Waals surface area (Å²) in [7, 11) is -4.13. The molecular weight excluding hydrogens is 1560 g/mol. The number of hydrogen-bond acceptors (Lipinski definition) is 22. The van der Waals surface area contributed by atoms with Gasteiger partial charge in [-0.2, -0.15) is 0 Å². The Labute approximate surface area is 689 Å². The Morgan fingerprint density at radius 2 is 0.802 bits per heavy atom. The predicted molar refractivity (Wildman–Crippen MR) is 447 cm³/mol. The van der Waals surface area contributed by atoms with E-state index in [1.807, 2.05) is 114 Å². The number of hydrogen-bond donors (Lipinski definition) is 2. The van der Waals surface area contributed by atoms with E-state index in [1.54, 1.807) is 27.7 Å². The van der Waals surface area contributed by atoms with Crippen molar-refractivity contribution in [3.05, 3.63) is 105 Å². The van der Waals surface area contributed by atoms with Crippen molar-refractivity contribution in [2.75, 3.05) is 56.2 Å². The van der Waals surface area contributed by atoms with Crippen LogP contribution in [0.2, 0.25) is 75.5 Å². The van der Waals surface area contributed by atoms with Crippen molar-refractivity contribution in [1.82, 2.24) is 0 Å². The fraction of sp³-hybridized carbons (Fsp3) is 0.659. The fourth-order valence-electron chi connectivity index (χ4n) is 19.9. The molecule has 8 aliphatic rings. The molecule has 4 saturated carbocycles. The first-order valence-electron chi connectivity index (χ1n) is 41.1. The molecule has 2 saturated heterocycles. The van der Waals surface area contributed by atoms with E-state index in [2.05, 4.69) is 67.7 Å². The normalized spacial score (nSPS) is 30.8. The van der Waals surface area contributed by atoms with Crippen LogP contribution in [0.1, 0.15) is 167 Å². The van der Waals surface area contributed by atoms with Crippen LogP contribution < -0.4 is 28.4 Å². The van der Waals surface area contributed by atoms with Gasteiger partial charge in [0, 0.05) is 60.2 Å². The zero-order valence-corrected chi connectivity index (χ0v) is 77.6. The number of ether oxygens (including phenoxy) is 14. The van der Waals surface area contributed by atoms with Crippen molar-refractivity contribution < 1.29 is 113 Å². The predicted octanol–water partition coefficient (Wildman–Crippen LogP) is 18.9. The molecule has 12 rings (SSSR count). The fourth-order valence-corrected chi connectivity index (χ4v) is 25.3. The number of fused-ring (bicyclic) bond motifs is 10. The maximum absolute atomic E-state index is 20.1. The van der Waals surface area contributed by atoms with E-state index in [-0.39, 0.29) is 118 Å². The number of Topliss-reactive ketones (excluding diaryl/α,β-unsaturated/α-hetero) is 2. The van der Waals surface area contributed by atoms with Crippen molar-refractivity contribution in [2.45, 2.75) is 293 Å². The van der Waals surface area contributed by atoms with Crippen molar-refractivity contribution in [2.24, 2.45) is 23.7 Å². The zero-order valence-electron chi connectivity index (χ0n) is 73.6. The average molecular weight is 1690 g/mol. The van der Waals surface area contributed by atoms with Gasteiger partial charge in [-0.1, -0.05) is 129 Å². The molecule has 0 spiro atoms. The van der Waals surface area contributed by atoms with Gasteiger partial charge in [-0.3, -0.25) is 9.59 Å². The Morgan fingerprint density at radius 1 is 0.474 bits per heavy atom. The molecule has 0 amide bonds. The van der Waals surface area contributed by atoms with Crippen LogP contribution >= 0.6 is 0 Å². The van der Waals surface area contributed by atoms with Gasteiger partial charge >= 0.3 is 0 Å². The van der Waals surface area contributed by atoms with Gasteiger partial charge in [-0.25, -0.2) is 8.78 Å². The topological polar surface area (TPSA) is 241 Å². The number of aliphatic hydroxyl groups is 2. The molecule has 16 atom stereocenters.